The molecule has 4 aliphatic rings. The lowest BCUT2D eigenvalue weighted by atomic mass is 9.63. The minimum atomic E-state index is -0.332. The number of thioether (sulfide) groups is 1. The van der Waals surface area contributed by atoms with Crippen molar-refractivity contribution in [3.8, 4) is 0 Å². The molecule has 4 heteroatoms. The number of rotatable bonds is 2. The average molecular weight is 318 g/mol. The highest BCUT2D eigenvalue weighted by atomic mass is 32.2. The average Bonchev–Trinajstić information content (AvgIpc) is 3.03. The fourth-order valence-corrected chi connectivity index (χ4v) is 6.12. The Morgan fingerprint density at radius 2 is 1.59 bits per heavy atom. The van der Waals surface area contributed by atoms with Gasteiger partial charge in [0.05, 0.1) is 0 Å². The fourth-order valence-electron chi connectivity index (χ4n) is 5.24. The SMILES string of the molecule is CC1=CN2C(=NC(=O)C2(C2CCCCC2)C2CCCCC2)S1. The number of carbonyl (C=O) groups is 1. The third-order valence-electron chi connectivity index (χ3n) is 6.16. The third-order valence-corrected chi connectivity index (χ3v) is 7.06. The van der Waals surface area contributed by atoms with Gasteiger partial charge < -0.3 is 4.90 Å². The van der Waals surface area contributed by atoms with Gasteiger partial charge in [0.1, 0.15) is 5.54 Å². The van der Waals surface area contributed by atoms with Crippen molar-refractivity contribution in [1.29, 1.82) is 0 Å². The number of aliphatic imine (C=N–C) groups is 1. The van der Waals surface area contributed by atoms with Crippen LogP contribution in [0, 0.1) is 11.8 Å². The van der Waals surface area contributed by atoms with Crippen molar-refractivity contribution in [1.82, 2.24) is 4.90 Å². The summed E-state index contributed by atoms with van der Waals surface area (Å²) in [4.78, 5) is 21.3. The minimum Gasteiger partial charge on any atom is -0.311 e. The van der Waals surface area contributed by atoms with Gasteiger partial charge in [-0.15, -0.1) is 0 Å². The van der Waals surface area contributed by atoms with Crippen LogP contribution in [0.4, 0.5) is 0 Å². The van der Waals surface area contributed by atoms with Gasteiger partial charge in [-0.3, -0.25) is 4.79 Å². The van der Waals surface area contributed by atoms with E-state index in [1.54, 1.807) is 11.8 Å². The molecule has 0 aromatic heterocycles. The van der Waals surface area contributed by atoms with Crippen LogP contribution in [0.15, 0.2) is 16.1 Å². The Kier molecular flexibility index (Phi) is 3.83. The molecule has 1 amide bonds. The summed E-state index contributed by atoms with van der Waals surface area (Å²) in [6.07, 6.45) is 14.9. The molecule has 2 aliphatic heterocycles. The van der Waals surface area contributed by atoms with Crippen LogP contribution in [-0.2, 0) is 4.79 Å². The fraction of sp³-hybridized carbons (Fsp3) is 0.778. The van der Waals surface area contributed by atoms with Crippen LogP contribution in [0.3, 0.4) is 0 Å². The molecule has 0 saturated heterocycles. The van der Waals surface area contributed by atoms with Crippen molar-refractivity contribution in [2.75, 3.05) is 0 Å². The van der Waals surface area contributed by atoms with Crippen molar-refractivity contribution < 1.29 is 4.79 Å². The maximum absolute atomic E-state index is 13.1. The van der Waals surface area contributed by atoms with Gasteiger partial charge in [-0.25, -0.2) is 0 Å². The maximum Gasteiger partial charge on any atom is 0.274 e. The Balaban J connectivity index is 1.76. The highest BCUT2D eigenvalue weighted by molar-refractivity contribution is 8.17. The zero-order valence-corrected chi connectivity index (χ0v) is 14.3. The number of hydrogen-bond donors (Lipinski definition) is 0. The topological polar surface area (TPSA) is 32.7 Å². The maximum atomic E-state index is 13.1. The summed E-state index contributed by atoms with van der Waals surface area (Å²) in [5.41, 5.74) is -0.332. The zero-order chi connectivity index (χ0) is 15.2. The van der Waals surface area contributed by atoms with Gasteiger partial charge in [-0.2, -0.15) is 4.99 Å². The lowest BCUT2D eigenvalue weighted by Crippen LogP contribution is -2.59. The predicted octanol–water partition coefficient (Wildman–Crippen LogP) is 4.69. The predicted molar refractivity (Wildman–Crippen MR) is 91.5 cm³/mol. The number of fused-ring (bicyclic) bond motifs is 1. The molecule has 3 nitrogen and oxygen atoms in total. The Bertz CT molecular complexity index is 509. The molecule has 120 valence electrons. The summed E-state index contributed by atoms with van der Waals surface area (Å²) in [6, 6.07) is 0. The van der Waals surface area contributed by atoms with Crippen molar-refractivity contribution >= 4 is 22.8 Å². The number of hydrogen-bond acceptors (Lipinski definition) is 3. The third kappa shape index (κ3) is 2.10. The Morgan fingerprint density at radius 1 is 1.05 bits per heavy atom. The number of allylic oxidation sites excluding steroid dienone is 1. The molecule has 0 N–H and O–H groups in total. The summed E-state index contributed by atoms with van der Waals surface area (Å²) in [7, 11) is 0. The van der Waals surface area contributed by atoms with Crippen molar-refractivity contribution in [2.45, 2.75) is 76.7 Å². The van der Waals surface area contributed by atoms with Crippen molar-refractivity contribution in [2.24, 2.45) is 16.8 Å². The van der Waals surface area contributed by atoms with Crippen LogP contribution >= 0.6 is 11.8 Å². The van der Waals surface area contributed by atoms with E-state index in [0.717, 1.165) is 5.17 Å². The molecule has 0 aromatic carbocycles. The van der Waals surface area contributed by atoms with Crippen LogP contribution in [0.1, 0.15) is 71.1 Å². The highest BCUT2D eigenvalue weighted by Gasteiger charge is 2.60. The normalized spacial score (nSPS) is 29.5. The largest absolute Gasteiger partial charge is 0.311 e. The first kappa shape index (κ1) is 14.8. The minimum absolute atomic E-state index is 0.178. The molecule has 0 radical (unpaired) electrons. The van der Waals surface area contributed by atoms with E-state index in [0.29, 0.717) is 11.8 Å². The Labute approximate surface area is 137 Å². The molecule has 0 spiro atoms. The monoisotopic (exact) mass is 318 g/mol. The first-order valence-corrected chi connectivity index (χ1v) is 9.83. The van der Waals surface area contributed by atoms with Gasteiger partial charge >= 0.3 is 0 Å². The second-order valence-corrected chi connectivity index (χ2v) is 8.62. The smallest absolute Gasteiger partial charge is 0.274 e. The first-order chi connectivity index (χ1) is 10.7. The standard InChI is InChI=1S/C18H26N2OS/c1-13-12-20-17(22-13)19-16(21)18(20,14-8-4-2-5-9-14)15-10-6-3-7-11-15/h12,14-15H,2-11H2,1H3. The highest BCUT2D eigenvalue weighted by Crippen LogP contribution is 2.52. The molecular formula is C18H26N2OS. The molecule has 0 atom stereocenters. The van der Waals surface area contributed by atoms with Crippen molar-refractivity contribution in [3.63, 3.8) is 0 Å². The molecule has 2 heterocycles. The Hall–Kier alpha value is -0.770. The lowest BCUT2D eigenvalue weighted by molar-refractivity contribution is -0.133. The summed E-state index contributed by atoms with van der Waals surface area (Å²) >= 11 is 1.69. The second-order valence-electron chi connectivity index (χ2n) is 7.41. The van der Waals surface area contributed by atoms with E-state index in [-0.39, 0.29) is 11.4 Å². The summed E-state index contributed by atoms with van der Waals surface area (Å²) in [5.74, 6) is 1.18. The van der Waals surface area contributed by atoms with E-state index >= 15 is 0 Å². The van der Waals surface area contributed by atoms with Gasteiger partial charge in [0.25, 0.3) is 5.91 Å². The first-order valence-electron chi connectivity index (χ1n) is 9.01. The molecule has 0 bridgehead atoms. The molecule has 0 unspecified atom stereocenters. The van der Waals surface area contributed by atoms with Gasteiger partial charge in [0.15, 0.2) is 5.17 Å². The molecule has 2 saturated carbocycles. The van der Waals surface area contributed by atoms with Crippen LogP contribution in [0.25, 0.3) is 0 Å². The van der Waals surface area contributed by atoms with E-state index in [4.69, 9.17) is 0 Å². The van der Waals surface area contributed by atoms with Crippen molar-refractivity contribution in [3.05, 3.63) is 11.1 Å². The van der Waals surface area contributed by atoms with E-state index in [1.165, 1.54) is 69.1 Å². The lowest BCUT2D eigenvalue weighted by Gasteiger charge is -2.48. The van der Waals surface area contributed by atoms with Gasteiger partial charge in [-0.1, -0.05) is 50.3 Å². The van der Waals surface area contributed by atoms with Gasteiger partial charge in [0.2, 0.25) is 0 Å². The quantitative estimate of drug-likeness (QED) is 0.740. The summed E-state index contributed by atoms with van der Waals surface area (Å²) in [5, 5.41) is 0.957. The molecule has 22 heavy (non-hydrogen) atoms. The molecule has 2 aliphatic carbocycles. The summed E-state index contributed by atoms with van der Waals surface area (Å²) in [6.45, 7) is 2.14. The van der Waals surface area contributed by atoms with Crippen LogP contribution in [0.2, 0.25) is 0 Å². The molecule has 2 fully saturated rings. The van der Waals surface area contributed by atoms with Crippen LogP contribution in [-0.4, -0.2) is 21.5 Å². The van der Waals surface area contributed by atoms with E-state index in [1.807, 2.05) is 0 Å². The van der Waals surface area contributed by atoms with E-state index in [9.17, 15) is 4.79 Å². The number of amidine groups is 1. The zero-order valence-electron chi connectivity index (χ0n) is 13.5. The number of nitrogens with zero attached hydrogens (tertiary/aromatic N) is 2. The van der Waals surface area contributed by atoms with Gasteiger partial charge in [0, 0.05) is 11.1 Å². The van der Waals surface area contributed by atoms with E-state index in [2.05, 4.69) is 23.0 Å². The number of carbonyl (C=O) groups excluding carboxylic acids is 1. The summed E-state index contributed by atoms with van der Waals surface area (Å²) < 4.78 is 0. The van der Waals surface area contributed by atoms with Crippen LogP contribution < -0.4 is 0 Å². The molecule has 4 rings (SSSR count). The second kappa shape index (κ2) is 5.70. The van der Waals surface area contributed by atoms with E-state index < -0.39 is 0 Å². The van der Waals surface area contributed by atoms with Gasteiger partial charge in [-0.05, 0) is 44.4 Å². The Morgan fingerprint density at radius 3 is 2.14 bits per heavy atom. The van der Waals surface area contributed by atoms with Crippen LogP contribution in [0.5, 0.6) is 0 Å². The molecule has 0 aromatic rings. The number of amides is 1. The molecular weight excluding hydrogens is 292 g/mol.